The Kier molecular flexibility index (Phi) is 9.31. The van der Waals surface area contributed by atoms with Gasteiger partial charge in [0.25, 0.3) is 5.91 Å². The van der Waals surface area contributed by atoms with Crippen LogP contribution in [0.25, 0.3) is 6.08 Å². The number of thiazole rings is 1. The Balaban J connectivity index is 1.16. The molecule has 0 spiro atoms. The number of thioether (sulfide) groups is 1. The van der Waals surface area contributed by atoms with Gasteiger partial charge in [-0.15, -0.1) is 11.3 Å². The van der Waals surface area contributed by atoms with E-state index in [1.54, 1.807) is 17.0 Å². The van der Waals surface area contributed by atoms with Crippen molar-refractivity contribution in [2.24, 2.45) is 0 Å². The highest BCUT2D eigenvalue weighted by molar-refractivity contribution is 8.26. The molecule has 2 aromatic carbocycles. The van der Waals surface area contributed by atoms with E-state index in [4.69, 9.17) is 23.8 Å². The van der Waals surface area contributed by atoms with E-state index >= 15 is 0 Å². The lowest BCUT2D eigenvalue weighted by molar-refractivity contribution is -0.122. The van der Waals surface area contributed by atoms with Crippen molar-refractivity contribution in [3.8, 4) is 0 Å². The highest BCUT2D eigenvalue weighted by atomic mass is 35.5. The summed E-state index contributed by atoms with van der Waals surface area (Å²) >= 11 is 14.2. The summed E-state index contributed by atoms with van der Waals surface area (Å²) < 4.78 is 0.572. The zero-order chi connectivity index (χ0) is 25.5. The van der Waals surface area contributed by atoms with Gasteiger partial charge in [-0.1, -0.05) is 84.0 Å². The number of carbonyl (C=O) groups excluding carboxylic acids is 2. The lowest BCUT2D eigenvalue weighted by atomic mass is 10.1. The Morgan fingerprint density at radius 2 is 1.86 bits per heavy atom. The van der Waals surface area contributed by atoms with E-state index < -0.39 is 0 Å². The van der Waals surface area contributed by atoms with Crippen LogP contribution in [0.3, 0.4) is 0 Å². The second-order valence-electron chi connectivity index (χ2n) is 8.54. The molecule has 1 aliphatic rings. The fraction of sp³-hybridized carbons (Fsp3) is 0.259. The van der Waals surface area contributed by atoms with Crippen LogP contribution in [0.15, 0.2) is 59.6 Å². The zero-order valence-electron chi connectivity index (χ0n) is 19.8. The third-order valence-corrected chi connectivity index (χ3v) is 8.17. The molecule has 0 saturated carbocycles. The van der Waals surface area contributed by atoms with Crippen molar-refractivity contribution >= 4 is 74.3 Å². The molecule has 9 heteroatoms. The molecule has 0 unspecified atom stereocenters. The summed E-state index contributed by atoms with van der Waals surface area (Å²) in [5, 5.41) is 4.19. The topological polar surface area (TPSA) is 62.3 Å². The first-order chi connectivity index (χ1) is 17.4. The quantitative estimate of drug-likeness (QED) is 0.164. The molecule has 4 rings (SSSR count). The van der Waals surface area contributed by atoms with Crippen LogP contribution in [-0.2, 0) is 16.0 Å². The van der Waals surface area contributed by atoms with Gasteiger partial charge >= 0.3 is 0 Å². The average Bonchev–Trinajstić information content (AvgIpc) is 3.40. The molecule has 186 valence electrons. The van der Waals surface area contributed by atoms with E-state index in [0.717, 1.165) is 36.1 Å². The minimum Gasteiger partial charge on any atom is -0.302 e. The van der Waals surface area contributed by atoms with Gasteiger partial charge < -0.3 is 5.32 Å². The van der Waals surface area contributed by atoms with Crippen LogP contribution < -0.4 is 5.32 Å². The second-order valence-corrected chi connectivity index (χ2v) is 11.8. The molecule has 1 N–H and O–H groups in total. The highest BCUT2D eigenvalue weighted by Gasteiger charge is 2.31. The molecule has 36 heavy (non-hydrogen) atoms. The first kappa shape index (κ1) is 26.5. The molecule has 2 amide bonds. The van der Waals surface area contributed by atoms with Crippen LogP contribution in [0.5, 0.6) is 0 Å². The molecule has 0 bridgehead atoms. The summed E-state index contributed by atoms with van der Waals surface area (Å²) in [6.07, 6.45) is 7.24. The lowest BCUT2D eigenvalue weighted by Crippen LogP contribution is -2.29. The lowest BCUT2D eigenvalue weighted by Gasteiger charge is -2.14. The van der Waals surface area contributed by atoms with Crippen LogP contribution in [0.4, 0.5) is 5.13 Å². The van der Waals surface area contributed by atoms with Gasteiger partial charge in [0, 0.05) is 35.5 Å². The normalized spacial score (nSPS) is 14.6. The first-order valence-electron chi connectivity index (χ1n) is 11.7. The number of carbonyl (C=O) groups is 2. The van der Waals surface area contributed by atoms with Gasteiger partial charge in [0.15, 0.2) is 5.13 Å². The summed E-state index contributed by atoms with van der Waals surface area (Å²) in [5.74, 6) is -0.106. The Hall–Kier alpha value is -2.52. The summed E-state index contributed by atoms with van der Waals surface area (Å²) in [4.78, 5) is 32.8. The van der Waals surface area contributed by atoms with E-state index in [0.29, 0.717) is 32.3 Å². The number of nitrogens with one attached hydrogen (secondary N) is 1. The van der Waals surface area contributed by atoms with E-state index in [2.05, 4.69) is 41.5 Å². The maximum absolute atomic E-state index is 12.7. The Bertz CT molecular complexity index is 1270. The van der Waals surface area contributed by atoms with Crippen molar-refractivity contribution < 1.29 is 9.59 Å². The third-order valence-electron chi connectivity index (χ3n) is 5.63. The van der Waals surface area contributed by atoms with Crippen LogP contribution in [0.2, 0.25) is 5.02 Å². The SMILES string of the molecule is Cc1ccc(Cc2cnc(NC(=O)CCCCCN3C(=O)C(=Cc4ccc(Cl)cc4)SC3=S)s2)cc1. The molecule has 5 nitrogen and oxygen atoms in total. The molecule has 1 fully saturated rings. The summed E-state index contributed by atoms with van der Waals surface area (Å²) in [6, 6.07) is 15.8. The minimum absolute atomic E-state index is 0.0391. The molecule has 0 aliphatic carbocycles. The minimum atomic E-state index is -0.0668. The fourth-order valence-electron chi connectivity index (χ4n) is 3.67. The molecular formula is C27H26ClN3O2S3. The molecular weight excluding hydrogens is 530 g/mol. The van der Waals surface area contributed by atoms with Crippen molar-refractivity contribution in [1.82, 2.24) is 9.88 Å². The largest absolute Gasteiger partial charge is 0.302 e. The van der Waals surface area contributed by atoms with E-state index in [-0.39, 0.29) is 11.8 Å². The van der Waals surface area contributed by atoms with Gasteiger partial charge in [-0.2, -0.15) is 0 Å². The molecule has 3 aromatic rings. The van der Waals surface area contributed by atoms with Gasteiger partial charge in [-0.25, -0.2) is 4.98 Å². The molecule has 0 atom stereocenters. The summed E-state index contributed by atoms with van der Waals surface area (Å²) in [5.41, 5.74) is 3.37. The van der Waals surface area contributed by atoms with Gasteiger partial charge in [-0.05, 0) is 49.1 Å². The predicted octanol–water partition coefficient (Wildman–Crippen LogP) is 7.10. The number of amides is 2. The van der Waals surface area contributed by atoms with Crippen LogP contribution in [0.1, 0.15) is 47.3 Å². The smallest absolute Gasteiger partial charge is 0.266 e. The van der Waals surface area contributed by atoms with Crippen LogP contribution in [-0.4, -0.2) is 32.6 Å². The fourth-order valence-corrected chi connectivity index (χ4v) is 5.97. The number of benzene rings is 2. The van der Waals surface area contributed by atoms with Crippen LogP contribution in [0, 0.1) is 6.92 Å². The standard InChI is InChI=1S/C27H26ClN3O2S3/c1-18-6-8-19(9-7-18)15-22-17-29-26(35-22)30-24(32)5-3-2-4-14-31-25(33)23(36-27(31)34)16-20-10-12-21(28)13-11-20/h6-13,16-17H,2-5,14-15H2,1H3,(H,29,30,32). The Labute approximate surface area is 230 Å². The summed E-state index contributed by atoms with van der Waals surface area (Å²) in [6.45, 7) is 2.63. The van der Waals surface area contributed by atoms with E-state index in [1.165, 1.54) is 34.2 Å². The number of nitrogens with zero attached hydrogens (tertiary/aromatic N) is 2. The van der Waals surface area contributed by atoms with E-state index in [9.17, 15) is 9.59 Å². The number of hydrogen-bond acceptors (Lipinski definition) is 6. The Morgan fingerprint density at radius 3 is 2.61 bits per heavy atom. The third kappa shape index (κ3) is 7.49. The molecule has 1 aromatic heterocycles. The summed E-state index contributed by atoms with van der Waals surface area (Å²) in [7, 11) is 0. The van der Waals surface area contributed by atoms with E-state index in [1.807, 2.05) is 24.4 Å². The molecule has 1 saturated heterocycles. The number of rotatable bonds is 10. The van der Waals surface area contributed by atoms with Crippen molar-refractivity contribution in [3.05, 3.63) is 86.2 Å². The molecule has 2 heterocycles. The maximum Gasteiger partial charge on any atom is 0.266 e. The first-order valence-corrected chi connectivity index (χ1v) is 14.1. The average molecular weight is 556 g/mol. The van der Waals surface area contributed by atoms with Crippen molar-refractivity contribution in [3.63, 3.8) is 0 Å². The number of thiocarbonyl (C=S) groups is 1. The molecule has 0 radical (unpaired) electrons. The van der Waals surface area contributed by atoms with Crippen molar-refractivity contribution in [1.29, 1.82) is 0 Å². The monoisotopic (exact) mass is 555 g/mol. The number of hydrogen-bond donors (Lipinski definition) is 1. The van der Waals surface area contributed by atoms with Crippen molar-refractivity contribution in [2.45, 2.75) is 39.0 Å². The number of halogens is 1. The number of anilines is 1. The Morgan fingerprint density at radius 1 is 1.11 bits per heavy atom. The molecule has 1 aliphatic heterocycles. The van der Waals surface area contributed by atoms with Gasteiger partial charge in [0.1, 0.15) is 4.32 Å². The predicted molar refractivity (Wildman–Crippen MR) is 155 cm³/mol. The number of unbranched alkanes of at least 4 members (excludes halogenated alkanes) is 2. The van der Waals surface area contributed by atoms with Crippen LogP contribution >= 0.6 is 46.9 Å². The van der Waals surface area contributed by atoms with Gasteiger partial charge in [-0.3, -0.25) is 14.5 Å². The maximum atomic E-state index is 12.7. The van der Waals surface area contributed by atoms with Crippen molar-refractivity contribution in [2.75, 3.05) is 11.9 Å². The highest BCUT2D eigenvalue weighted by Crippen LogP contribution is 2.33. The zero-order valence-corrected chi connectivity index (χ0v) is 23.0. The van der Waals surface area contributed by atoms with Gasteiger partial charge in [0.05, 0.1) is 4.91 Å². The van der Waals surface area contributed by atoms with Gasteiger partial charge in [0.2, 0.25) is 5.91 Å². The number of aromatic nitrogens is 1. The number of aryl methyl sites for hydroxylation is 1. The second kappa shape index (κ2) is 12.6.